The smallest absolute Gasteiger partial charge is 0.435 e. The number of rotatable bonds is 3. The molecule has 8 heteroatoms. The van der Waals surface area contributed by atoms with Gasteiger partial charge in [0.1, 0.15) is 4.88 Å². The highest BCUT2D eigenvalue weighted by atomic mass is 32.1. The van der Waals surface area contributed by atoms with Crippen LogP contribution in [0.2, 0.25) is 0 Å². The van der Waals surface area contributed by atoms with Crippen molar-refractivity contribution in [3.05, 3.63) is 40.4 Å². The molecule has 0 amide bonds. The molecule has 1 aromatic carbocycles. The van der Waals surface area contributed by atoms with Crippen molar-refractivity contribution >= 4 is 28.1 Å². The van der Waals surface area contributed by atoms with Crippen molar-refractivity contribution in [2.24, 2.45) is 0 Å². The molecule has 0 radical (unpaired) electrons. The van der Waals surface area contributed by atoms with Crippen molar-refractivity contribution in [2.75, 3.05) is 5.32 Å². The number of hydrogen-bond acceptors (Lipinski definition) is 4. The van der Waals surface area contributed by atoms with Gasteiger partial charge in [-0.25, -0.2) is 9.78 Å². The van der Waals surface area contributed by atoms with E-state index in [-0.39, 0.29) is 5.13 Å². The van der Waals surface area contributed by atoms with Crippen molar-refractivity contribution in [1.82, 2.24) is 4.98 Å². The lowest BCUT2D eigenvalue weighted by Gasteiger charge is -2.03. The van der Waals surface area contributed by atoms with E-state index in [0.29, 0.717) is 17.0 Å². The van der Waals surface area contributed by atoms with Gasteiger partial charge in [-0.15, -0.1) is 0 Å². The number of anilines is 2. The standard InChI is InChI=1S/C12H9F3N2O2S/c1-6-2-4-7(5-3-6)16-11-17-9(12(13,14)15)8(20-11)10(18)19/h2-5H,1H3,(H,16,17)(H,18,19). The summed E-state index contributed by atoms with van der Waals surface area (Å²) in [4.78, 5) is 13.3. The van der Waals surface area contributed by atoms with E-state index in [2.05, 4.69) is 10.3 Å². The average Bonchev–Trinajstić information content (AvgIpc) is 2.76. The third kappa shape index (κ3) is 3.08. The van der Waals surface area contributed by atoms with Crippen LogP contribution in [0.25, 0.3) is 0 Å². The van der Waals surface area contributed by atoms with Crippen LogP contribution in [0.1, 0.15) is 20.9 Å². The Balaban J connectivity index is 2.34. The minimum Gasteiger partial charge on any atom is -0.477 e. The number of aromatic nitrogens is 1. The molecule has 4 nitrogen and oxygen atoms in total. The zero-order valence-corrected chi connectivity index (χ0v) is 11.0. The van der Waals surface area contributed by atoms with E-state index in [0.717, 1.165) is 5.56 Å². The number of hydrogen-bond donors (Lipinski definition) is 2. The van der Waals surface area contributed by atoms with Gasteiger partial charge >= 0.3 is 12.1 Å². The van der Waals surface area contributed by atoms with Crippen molar-refractivity contribution in [2.45, 2.75) is 13.1 Å². The van der Waals surface area contributed by atoms with Crippen molar-refractivity contribution in [3.63, 3.8) is 0 Å². The van der Waals surface area contributed by atoms with Crippen LogP contribution in [0, 0.1) is 6.92 Å². The fourth-order valence-electron chi connectivity index (χ4n) is 1.47. The molecule has 0 saturated carbocycles. The number of nitrogens with zero attached hydrogens (tertiary/aromatic N) is 1. The normalized spacial score (nSPS) is 11.4. The maximum Gasteiger partial charge on any atom is 0.435 e. The lowest BCUT2D eigenvalue weighted by molar-refractivity contribution is -0.141. The molecule has 106 valence electrons. The second-order valence-corrected chi connectivity index (χ2v) is 4.99. The zero-order valence-electron chi connectivity index (χ0n) is 10.2. The van der Waals surface area contributed by atoms with Gasteiger partial charge in [0.15, 0.2) is 10.8 Å². The van der Waals surface area contributed by atoms with Crippen molar-refractivity contribution in [3.8, 4) is 0 Å². The van der Waals surface area contributed by atoms with Crippen LogP contribution in [0.3, 0.4) is 0 Å². The minimum atomic E-state index is -4.79. The summed E-state index contributed by atoms with van der Waals surface area (Å²) >= 11 is 0.452. The first-order valence-electron chi connectivity index (χ1n) is 5.42. The van der Waals surface area contributed by atoms with Crippen LogP contribution in [-0.2, 0) is 6.18 Å². The fourth-order valence-corrected chi connectivity index (χ4v) is 2.32. The first-order chi connectivity index (χ1) is 9.27. The number of alkyl halides is 3. The van der Waals surface area contributed by atoms with Crippen LogP contribution in [-0.4, -0.2) is 16.1 Å². The summed E-state index contributed by atoms with van der Waals surface area (Å²) in [7, 11) is 0. The topological polar surface area (TPSA) is 62.2 Å². The Morgan fingerprint density at radius 2 is 1.90 bits per heavy atom. The molecule has 1 heterocycles. The maximum absolute atomic E-state index is 12.7. The van der Waals surface area contributed by atoms with Crippen molar-refractivity contribution < 1.29 is 23.1 Å². The summed E-state index contributed by atoms with van der Waals surface area (Å²) < 4.78 is 38.0. The van der Waals surface area contributed by atoms with Crippen LogP contribution in [0.4, 0.5) is 24.0 Å². The zero-order chi connectivity index (χ0) is 14.9. The molecule has 0 aliphatic rings. The highest BCUT2D eigenvalue weighted by molar-refractivity contribution is 7.17. The number of benzene rings is 1. The van der Waals surface area contributed by atoms with E-state index in [9.17, 15) is 18.0 Å². The largest absolute Gasteiger partial charge is 0.477 e. The van der Waals surface area contributed by atoms with Gasteiger partial charge in [0.25, 0.3) is 0 Å². The van der Waals surface area contributed by atoms with Gasteiger partial charge in [-0.2, -0.15) is 13.2 Å². The second-order valence-electron chi connectivity index (χ2n) is 3.99. The summed E-state index contributed by atoms with van der Waals surface area (Å²) in [6.07, 6.45) is -4.79. The van der Waals surface area contributed by atoms with E-state index in [4.69, 9.17) is 5.11 Å². The number of aryl methyl sites for hydroxylation is 1. The maximum atomic E-state index is 12.7. The van der Waals surface area contributed by atoms with E-state index >= 15 is 0 Å². The van der Waals surface area contributed by atoms with Crippen LogP contribution in [0.15, 0.2) is 24.3 Å². The molecule has 2 rings (SSSR count). The number of carbonyl (C=O) groups is 1. The molecule has 0 aliphatic heterocycles. The molecule has 0 spiro atoms. The first-order valence-corrected chi connectivity index (χ1v) is 6.24. The summed E-state index contributed by atoms with van der Waals surface area (Å²) in [5, 5.41) is 11.3. The van der Waals surface area contributed by atoms with Gasteiger partial charge in [-0.1, -0.05) is 29.0 Å². The highest BCUT2D eigenvalue weighted by Gasteiger charge is 2.39. The molecule has 0 atom stereocenters. The van der Waals surface area contributed by atoms with Gasteiger partial charge < -0.3 is 10.4 Å². The Morgan fingerprint density at radius 3 is 2.35 bits per heavy atom. The molecule has 0 bridgehead atoms. The number of carboxylic acid groups (broad SMARTS) is 1. The molecule has 20 heavy (non-hydrogen) atoms. The van der Waals surface area contributed by atoms with Gasteiger partial charge in [-0.05, 0) is 19.1 Å². The molecule has 1 aromatic heterocycles. The molecule has 0 fully saturated rings. The predicted molar refractivity (Wildman–Crippen MR) is 68.5 cm³/mol. The molecule has 0 aliphatic carbocycles. The number of aromatic carboxylic acids is 1. The van der Waals surface area contributed by atoms with Crippen LogP contribution in [0.5, 0.6) is 0 Å². The summed E-state index contributed by atoms with van der Waals surface area (Å²) in [5.74, 6) is -1.65. The first kappa shape index (κ1) is 14.3. The molecule has 0 saturated heterocycles. The Morgan fingerprint density at radius 1 is 1.30 bits per heavy atom. The third-order valence-corrected chi connectivity index (χ3v) is 3.35. The van der Waals surface area contributed by atoms with E-state index < -0.39 is 22.7 Å². The fraction of sp³-hybridized carbons (Fsp3) is 0.167. The van der Waals surface area contributed by atoms with Crippen LogP contribution < -0.4 is 5.32 Å². The van der Waals surface area contributed by atoms with Gasteiger partial charge in [0, 0.05) is 5.69 Å². The Hall–Kier alpha value is -2.09. The Labute approximate surface area is 115 Å². The number of halogens is 3. The lowest BCUT2D eigenvalue weighted by Crippen LogP contribution is -2.11. The minimum absolute atomic E-state index is 0.112. The van der Waals surface area contributed by atoms with Crippen LogP contribution >= 0.6 is 11.3 Å². The number of thiazole rings is 1. The van der Waals surface area contributed by atoms with E-state index in [1.54, 1.807) is 24.3 Å². The third-order valence-electron chi connectivity index (χ3n) is 2.39. The summed E-state index contributed by atoms with van der Waals surface area (Å²) in [5.41, 5.74) is 0.150. The van der Waals surface area contributed by atoms with E-state index in [1.165, 1.54) is 0 Å². The Bertz CT molecular complexity index is 635. The van der Waals surface area contributed by atoms with Gasteiger partial charge in [0.2, 0.25) is 0 Å². The van der Waals surface area contributed by atoms with Gasteiger partial charge in [-0.3, -0.25) is 0 Å². The SMILES string of the molecule is Cc1ccc(Nc2nc(C(F)(F)F)c(C(=O)O)s2)cc1. The average molecular weight is 302 g/mol. The highest BCUT2D eigenvalue weighted by Crippen LogP contribution is 2.36. The quantitative estimate of drug-likeness (QED) is 0.902. The molecule has 2 N–H and O–H groups in total. The Kier molecular flexibility index (Phi) is 3.67. The van der Waals surface area contributed by atoms with Crippen molar-refractivity contribution in [1.29, 1.82) is 0 Å². The molecule has 0 unspecified atom stereocenters. The monoisotopic (exact) mass is 302 g/mol. The summed E-state index contributed by atoms with van der Waals surface area (Å²) in [6.45, 7) is 1.87. The predicted octanol–water partition coefficient (Wildman–Crippen LogP) is 3.91. The summed E-state index contributed by atoms with van der Waals surface area (Å²) in [6, 6.07) is 6.90. The molecular formula is C12H9F3N2O2S. The second kappa shape index (κ2) is 5.12. The van der Waals surface area contributed by atoms with Gasteiger partial charge in [0.05, 0.1) is 0 Å². The molecule has 2 aromatic rings. The number of nitrogens with one attached hydrogen (secondary N) is 1. The van der Waals surface area contributed by atoms with E-state index in [1.807, 2.05) is 6.92 Å². The number of carboxylic acids is 1. The molecular weight excluding hydrogens is 293 g/mol. The lowest BCUT2D eigenvalue weighted by atomic mass is 10.2.